The summed E-state index contributed by atoms with van der Waals surface area (Å²) in [6.45, 7) is 1.26. The van der Waals surface area contributed by atoms with Crippen molar-refractivity contribution in [2.75, 3.05) is 25.0 Å². The van der Waals surface area contributed by atoms with E-state index in [0.717, 1.165) is 25.0 Å². The van der Waals surface area contributed by atoms with Gasteiger partial charge in [0.15, 0.2) is 0 Å². The maximum atomic E-state index is 12.4. The Morgan fingerprint density at radius 3 is 2.68 bits per heavy atom. The molecule has 1 N–H and O–H groups in total. The quantitative estimate of drug-likeness (QED) is 0.845. The number of carbonyl (C=O) groups is 1. The van der Waals surface area contributed by atoms with Crippen molar-refractivity contribution in [1.82, 2.24) is 4.90 Å². The van der Waals surface area contributed by atoms with E-state index in [1.54, 1.807) is 0 Å². The molecule has 136 valence electrons. The molecule has 1 aromatic carbocycles. The summed E-state index contributed by atoms with van der Waals surface area (Å²) in [5.74, 6) is -0.369. The lowest BCUT2D eigenvalue weighted by molar-refractivity contribution is -0.274. The highest BCUT2D eigenvalue weighted by Gasteiger charge is 2.31. The second-order valence-electron chi connectivity index (χ2n) is 5.49. The van der Waals surface area contributed by atoms with Crippen LogP contribution in [0, 0.1) is 11.3 Å². The molecule has 0 spiro atoms. The van der Waals surface area contributed by atoms with Crippen LogP contribution < -0.4 is 10.1 Å². The molecule has 0 bridgehead atoms. The number of benzene rings is 1. The Kier molecular flexibility index (Phi) is 6.47. The Morgan fingerprint density at radius 2 is 2.12 bits per heavy atom. The van der Waals surface area contributed by atoms with E-state index in [1.165, 1.54) is 17.0 Å². The van der Waals surface area contributed by atoms with E-state index >= 15 is 0 Å². The molecule has 2 amide bonds. The molecule has 0 radical (unpaired) electrons. The number of hydrogen-bond acceptors (Lipinski definition) is 4. The zero-order chi connectivity index (χ0) is 18.3. The number of halogens is 3. The van der Waals surface area contributed by atoms with Gasteiger partial charge in [-0.2, -0.15) is 5.26 Å². The van der Waals surface area contributed by atoms with Gasteiger partial charge in [0.05, 0.1) is 18.6 Å². The number of amides is 2. The fourth-order valence-corrected chi connectivity index (χ4v) is 2.44. The molecular weight excluding hydrogens is 339 g/mol. The van der Waals surface area contributed by atoms with Gasteiger partial charge < -0.3 is 19.7 Å². The van der Waals surface area contributed by atoms with Gasteiger partial charge in [0, 0.05) is 25.4 Å². The normalized spacial score (nSPS) is 17.0. The topological polar surface area (TPSA) is 74.6 Å². The molecule has 1 unspecified atom stereocenters. The maximum absolute atomic E-state index is 12.4. The van der Waals surface area contributed by atoms with Crippen LogP contribution in [0.15, 0.2) is 24.3 Å². The highest BCUT2D eigenvalue weighted by atomic mass is 19.4. The lowest BCUT2D eigenvalue weighted by Crippen LogP contribution is -2.40. The van der Waals surface area contributed by atoms with Crippen LogP contribution in [-0.4, -0.2) is 43.1 Å². The first kappa shape index (κ1) is 18.9. The van der Waals surface area contributed by atoms with Gasteiger partial charge in [-0.1, -0.05) is 0 Å². The highest BCUT2D eigenvalue weighted by molar-refractivity contribution is 5.89. The Morgan fingerprint density at radius 1 is 1.40 bits per heavy atom. The first-order valence-electron chi connectivity index (χ1n) is 7.77. The number of nitrogens with one attached hydrogen (secondary N) is 1. The number of nitrogens with zero attached hydrogens (tertiary/aromatic N) is 2. The van der Waals surface area contributed by atoms with Gasteiger partial charge in [-0.3, -0.25) is 0 Å². The van der Waals surface area contributed by atoms with Crippen LogP contribution in [0.5, 0.6) is 5.75 Å². The number of ether oxygens (including phenoxy) is 2. The summed E-state index contributed by atoms with van der Waals surface area (Å²) >= 11 is 0. The third-order valence-corrected chi connectivity index (χ3v) is 3.57. The molecule has 1 fully saturated rings. The minimum atomic E-state index is -4.76. The molecule has 1 aliphatic rings. The number of nitriles is 1. The van der Waals surface area contributed by atoms with E-state index in [9.17, 15) is 18.0 Å². The number of alkyl halides is 3. The molecule has 6 nitrogen and oxygen atoms in total. The van der Waals surface area contributed by atoms with Crippen molar-refractivity contribution in [1.29, 1.82) is 5.26 Å². The lowest BCUT2D eigenvalue weighted by Gasteiger charge is -2.25. The molecule has 1 atom stereocenters. The van der Waals surface area contributed by atoms with Gasteiger partial charge in [-0.15, -0.1) is 13.2 Å². The molecule has 9 heteroatoms. The van der Waals surface area contributed by atoms with E-state index < -0.39 is 12.4 Å². The van der Waals surface area contributed by atoms with Crippen molar-refractivity contribution in [3.05, 3.63) is 24.3 Å². The van der Waals surface area contributed by atoms with Crippen LogP contribution in [0.1, 0.15) is 19.3 Å². The first-order valence-corrected chi connectivity index (χ1v) is 7.77. The van der Waals surface area contributed by atoms with Crippen LogP contribution in [-0.2, 0) is 4.74 Å². The van der Waals surface area contributed by atoms with Crippen LogP contribution in [0.4, 0.5) is 23.7 Å². The zero-order valence-corrected chi connectivity index (χ0v) is 13.4. The summed E-state index contributed by atoms with van der Waals surface area (Å²) < 4.78 is 45.7. The number of hydrogen-bond donors (Lipinski definition) is 1. The second-order valence-corrected chi connectivity index (χ2v) is 5.49. The van der Waals surface area contributed by atoms with E-state index in [1.807, 2.05) is 6.07 Å². The standard InChI is InChI=1S/C16H18F3N3O3/c17-16(18,19)25-13-6-4-12(5-7-13)21-15(23)22(9-2-8-20)11-14-3-1-10-24-14/h4-7,14H,1-3,9-11H2,(H,21,23). The zero-order valence-electron chi connectivity index (χ0n) is 13.4. The largest absolute Gasteiger partial charge is 0.573 e. The molecule has 1 saturated heterocycles. The van der Waals surface area contributed by atoms with Crippen molar-refractivity contribution < 1.29 is 27.4 Å². The smallest absolute Gasteiger partial charge is 0.406 e. The molecular formula is C16H18F3N3O3. The Hall–Kier alpha value is -2.47. The van der Waals surface area contributed by atoms with Crippen LogP contribution in [0.25, 0.3) is 0 Å². The Bertz CT molecular complexity index is 608. The fraction of sp³-hybridized carbons (Fsp3) is 0.500. The van der Waals surface area contributed by atoms with Crippen molar-refractivity contribution in [3.8, 4) is 11.8 Å². The summed E-state index contributed by atoms with van der Waals surface area (Å²) in [6.07, 6.45) is -2.87. The van der Waals surface area contributed by atoms with Crippen LogP contribution in [0.3, 0.4) is 0 Å². The van der Waals surface area contributed by atoms with Crippen molar-refractivity contribution in [2.45, 2.75) is 31.7 Å². The predicted molar refractivity (Wildman–Crippen MR) is 82.9 cm³/mol. The van der Waals surface area contributed by atoms with Crippen molar-refractivity contribution >= 4 is 11.7 Å². The molecule has 1 heterocycles. The van der Waals surface area contributed by atoms with Gasteiger partial charge in [0.1, 0.15) is 5.75 Å². The SMILES string of the molecule is N#CCCN(CC1CCCO1)C(=O)Nc1ccc(OC(F)(F)F)cc1. The van der Waals surface area contributed by atoms with Crippen molar-refractivity contribution in [3.63, 3.8) is 0 Å². The number of carbonyl (C=O) groups excluding carboxylic acids is 1. The predicted octanol–water partition coefficient (Wildman–Crippen LogP) is 3.51. The average molecular weight is 357 g/mol. The minimum Gasteiger partial charge on any atom is -0.406 e. The summed E-state index contributed by atoms with van der Waals surface area (Å²) in [5.41, 5.74) is 0.328. The van der Waals surface area contributed by atoms with E-state index in [2.05, 4.69) is 10.1 Å². The van der Waals surface area contributed by atoms with Gasteiger partial charge in [-0.05, 0) is 37.1 Å². The number of urea groups is 1. The maximum Gasteiger partial charge on any atom is 0.573 e. The van der Waals surface area contributed by atoms with Gasteiger partial charge in [0.25, 0.3) is 0 Å². The fourth-order valence-electron chi connectivity index (χ4n) is 2.44. The molecule has 25 heavy (non-hydrogen) atoms. The summed E-state index contributed by atoms with van der Waals surface area (Å²) in [6, 6.07) is 6.40. The van der Waals surface area contributed by atoms with Gasteiger partial charge in [0.2, 0.25) is 0 Å². The first-order chi connectivity index (χ1) is 11.9. The highest BCUT2D eigenvalue weighted by Crippen LogP contribution is 2.24. The molecule has 0 aromatic heterocycles. The van der Waals surface area contributed by atoms with Gasteiger partial charge in [-0.25, -0.2) is 4.79 Å². The summed E-state index contributed by atoms with van der Waals surface area (Å²) in [4.78, 5) is 13.8. The lowest BCUT2D eigenvalue weighted by atomic mass is 10.2. The monoisotopic (exact) mass is 357 g/mol. The Balaban J connectivity index is 1.95. The van der Waals surface area contributed by atoms with Gasteiger partial charge >= 0.3 is 12.4 Å². The molecule has 0 saturated carbocycles. The third-order valence-electron chi connectivity index (χ3n) is 3.57. The number of rotatable bonds is 6. The Labute approximate surface area is 143 Å². The van der Waals surface area contributed by atoms with E-state index in [-0.39, 0.29) is 24.8 Å². The molecule has 2 rings (SSSR count). The minimum absolute atomic E-state index is 0.0630. The molecule has 1 aliphatic heterocycles. The third kappa shape index (κ3) is 6.51. The molecule has 0 aliphatic carbocycles. The van der Waals surface area contributed by atoms with E-state index in [4.69, 9.17) is 10.00 Å². The summed E-state index contributed by atoms with van der Waals surface area (Å²) in [5, 5.41) is 11.3. The van der Waals surface area contributed by atoms with Crippen LogP contribution in [0.2, 0.25) is 0 Å². The number of anilines is 1. The second kappa shape index (κ2) is 8.58. The average Bonchev–Trinajstić information content (AvgIpc) is 3.05. The molecule has 1 aromatic rings. The van der Waals surface area contributed by atoms with Crippen molar-refractivity contribution in [2.24, 2.45) is 0 Å². The summed E-state index contributed by atoms with van der Waals surface area (Å²) in [7, 11) is 0. The van der Waals surface area contributed by atoms with Crippen LogP contribution >= 0.6 is 0 Å². The van der Waals surface area contributed by atoms with E-state index in [0.29, 0.717) is 18.8 Å².